The molecular formula is C15H14Cl2N2OS. The van der Waals surface area contributed by atoms with E-state index in [9.17, 15) is 4.79 Å². The van der Waals surface area contributed by atoms with Gasteiger partial charge in [-0.2, -0.15) is 5.10 Å². The van der Waals surface area contributed by atoms with Gasteiger partial charge in [-0.05, 0) is 43.7 Å². The molecule has 110 valence electrons. The number of hydrogen-bond donors (Lipinski definition) is 1. The quantitative estimate of drug-likeness (QED) is 0.632. The summed E-state index contributed by atoms with van der Waals surface area (Å²) >= 11 is 13.4. The summed E-state index contributed by atoms with van der Waals surface area (Å²) in [5.74, 6) is -0.319. The van der Waals surface area contributed by atoms with Crippen LogP contribution in [-0.4, -0.2) is 11.6 Å². The van der Waals surface area contributed by atoms with Crippen molar-refractivity contribution in [3.05, 3.63) is 55.7 Å². The van der Waals surface area contributed by atoms with Gasteiger partial charge < -0.3 is 0 Å². The largest absolute Gasteiger partial charge is 0.271 e. The summed E-state index contributed by atoms with van der Waals surface area (Å²) in [4.78, 5) is 14.3. The number of thiophene rings is 1. The minimum absolute atomic E-state index is 0.319. The maximum Gasteiger partial charge on any atom is 0.271 e. The first-order valence-electron chi connectivity index (χ1n) is 6.40. The number of hydrazone groups is 1. The van der Waals surface area contributed by atoms with E-state index in [1.807, 2.05) is 13.0 Å². The van der Waals surface area contributed by atoms with Crippen LogP contribution in [0.4, 0.5) is 0 Å². The van der Waals surface area contributed by atoms with Gasteiger partial charge in [-0.25, -0.2) is 5.43 Å². The number of rotatable bonds is 4. The number of hydrogen-bond acceptors (Lipinski definition) is 3. The number of amides is 1. The molecule has 1 aromatic carbocycles. The van der Waals surface area contributed by atoms with Crippen LogP contribution in [0.2, 0.25) is 10.0 Å². The maximum absolute atomic E-state index is 12.0. The van der Waals surface area contributed by atoms with Gasteiger partial charge in [0.25, 0.3) is 5.91 Å². The van der Waals surface area contributed by atoms with Gasteiger partial charge in [-0.3, -0.25) is 4.79 Å². The zero-order valence-corrected chi connectivity index (χ0v) is 13.9. The van der Waals surface area contributed by atoms with Crippen LogP contribution in [0, 0.1) is 0 Å². The van der Waals surface area contributed by atoms with Crippen molar-refractivity contribution in [2.75, 3.05) is 0 Å². The molecule has 2 rings (SSSR count). The average Bonchev–Trinajstić information content (AvgIpc) is 2.96. The van der Waals surface area contributed by atoms with Crippen molar-refractivity contribution in [3.8, 4) is 0 Å². The highest BCUT2D eigenvalue weighted by atomic mass is 35.5. The Kier molecular flexibility index (Phi) is 5.39. The van der Waals surface area contributed by atoms with E-state index >= 15 is 0 Å². The number of aryl methyl sites for hydroxylation is 1. The number of carbonyl (C=O) groups is 1. The third kappa shape index (κ3) is 4.06. The van der Waals surface area contributed by atoms with Gasteiger partial charge in [0, 0.05) is 10.4 Å². The Morgan fingerprint density at radius 2 is 2.00 bits per heavy atom. The van der Waals surface area contributed by atoms with E-state index in [0.29, 0.717) is 15.6 Å². The Morgan fingerprint density at radius 1 is 1.24 bits per heavy atom. The van der Waals surface area contributed by atoms with Gasteiger partial charge in [0.2, 0.25) is 0 Å². The minimum Gasteiger partial charge on any atom is -0.267 e. The first-order valence-corrected chi connectivity index (χ1v) is 7.97. The molecule has 1 N–H and O–H groups in total. The molecular weight excluding hydrogens is 327 g/mol. The molecule has 1 amide bonds. The van der Waals surface area contributed by atoms with Crippen molar-refractivity contribution in [3.63, 3.8) is 0 Å². The number of benzene rings is 1. The molecule has 0 saturated carbocycles. The normalized spacial score (nSPS) is 11.5. The lowest BCUT2D eigenvalue weighted by Gasteiger charge is -2.03. The Morgan fingerprint density at radius 3 is 2.62 bits per heavy atom. The molecule has 0 bridgehead atoms. The fourth-order valence-electron chi connectivity index (χ4n) is 1.65. The van der Waals surface area contributed by atoms with E-state index in [0.717, 1.165) is 17.0 Å². The second-order valence-electron chi connectivity index (χ2n) is 4.39. The van der Waals surface area contributed by atoms with Crippen LogP contribution in [0.15, 0.2) is 35.4 Å². The molecule has 0 spiro atoms. The van der Waals surface area contributed by atoms with Gasteiger partial charge in [-0.1, -0.05) is 30.1 Å². The first kappa shape index (κ1) is 16.0. The summed E-state index contributed by atoms with van der Waals surface area (Å²) in [6.07, 6.45) is 0.994. The van der Waals surface area contributed by atoms with Crippen LogP contribution in [-0.2, 0) is 6.42 Å². The van der Waals surface area contributed by atoms with E-state index in [4.69, 9.17) is 23.2 Å². The maximum atomic E-state index is 12.0. The van der Waals surface area contributed by atoms with Gasteiger partial charge in [0.1, 0.15) is 0 Å². The second-order valence-corrected chi connectivity index (χ2v) is 6.37. The van der Waals surface area contributed by atoms with E-state index in [1.54, 1.807) is 23.5 Å². The van der Waals surface area contributed by atoms with Crippen molar-refractivity contribution < 1.29 is 4.79 Å². The summed E-state index contributed by atoms with van der Waals surface area (Å²) in [5.41, 5.74) is 3.71. The molecule has 0 saturated heterocycles. The first-order chi connectivity index (χ1) is 10.0. The van der Waals surface area contributed by atoms with Crippen LogP contribution >= 0.6 is 34.5 Å². The molecule has 0 radical (unpaired) electrons. The third-order valence-electron chi connectivity index (χ3n) is 2.87. The van der Waals surface area contributed by atoms with E-state index in [2.05, 4.69) is 23.5 Å². The zero-order valence-electron chi connectivity index (χ0n) is 11.6. The van der Waals surface area contributed by atoms with Crippen molar-refractivity contribution in [1.29, 1.82) is 0 Å². The van der Waals surface area contributed by atoms with Crippen molar-refractivity contribution >= 4 is 46.2 Å². The fraction of sp³-hybridized carbons (Fsp3) is 0.200. The van der Waals surface area contributed by atoms with Gasteiger partial charge in [0.05, 0.1) is 20.6 Å². The monoisotopic (exact) mass is 340 g/mol. The van der Waals surface area contributed by atoms with E-state index in [-0.39, 0.29) is 5.91 Å². The third-order valence-corrected chi connectivity index (χ3v) is 4.95. The molecule has 0 aliphatic rings. The molecule has 0 fully saturated rings. The van der Waals surface area contributed by atoms with Crippen molar-refractivity contribution in [1.82, 2.24) is 5.43 Å². The number of nitrogens with zero attached hydrogens (tertiary/aromatic N) is 1. The second kappa shape index (κ2) is 7.07. The molecule has 3 nitrogen and oxygen atoms in total. The molecule has 6 heteroatoms. The van der Waals surface area contributed by atoms with Crippen LogP contribution in [0.1, 0.15) is 34.0 Å². The lowest BCUT2D eigenvalue weighted by Crippen LogP contribution is -2.19. The number of nitrogens with one attached hydrogen (secondary N) is 1. The number of halogens is 2. The predicted molar refractivity (Wildman–Crippen MR) is 89.8 cm³/mol. The van der Waals surface area contributed by atoms with Gasteiger partial charge in [0.15, 0.2) is 0 Å². The summed E-state index contributed by atoms with van der Waals surface area (Å²) in [6, 6.07) is 8.79. The van der Waals surface area contributed by atoms with Gasteiger partial charge >= 0.3 is 0 Å². The summed E-state index contributed by atoms with van der Waals surface area (Å²) in [5, 5.41) is 4.88. The van der Waals surface area contributed by atoms with E-state index in [1.165, 1.54) is 10.9 Å². The Hall–Kier alpha value is -1.36. The van der Waals surface area contributed by atoms with Crippen LogP contribution in [0.25, 0.3) is 0 Å². The van der Waals surface area contributed by atoms with E-state index < -0.39 is 0 Å². The number of carbonyl (C=O) groups excluding carboxylic acids is 1. The summed E-state index contributed by atoms with van der Waals surface area (Å²) in [6.45, 7) is 3.97. The van der Waals surface area contributed by atoms with Crippen molar-refractivity contribution in [2.45, 2.75) is 20.3 Å². The zero-order chi connectivity index (χ0) is 15.4. The molecule has 0 atom stereocenters. The molecule has 0 unspecified atom stereocenters. The lowest BCUT2D eigenvalue weighted by atomic mass is 10.2. The topological polar surface area (TPSA) is 41.5 Å². The molecule has 0 aliphatic carbocycles. The molecule has 2 aromatic rings. The Balaban J connectivity index is 2.08. The standard InChI is InChI=1S/C15H14Cl2N2OS/c1-3-11-5-7-14(21-11)9(2)18-19-15(20)10-4-6-12(16)13(17)8-10/h4-8H,3H2,1-2H3,(H,19,20)/b18-9+. The average molecular weight is 341 g/mol. The predicted octanol–water partition coefficient (Wildman–Crippen LogP) is 4.77. The minimum atomic E-state index is -0.319. The van der Waals surface area contributed by atoms with Crippen molar-refractivity contribution in [2.24, 2.45) is 5.10 Å². The lowest BCUT2D eigenvalue weighted by molar-refractivity contribution is 0.0955. The smallest absolute Gasteiger partial charge is 0.267 e. The summed E-state index contributed by atoms with van der Waals surface area (Å²) < 4.78 is 0. The molecule has 21 heavy (non-hydrogen) atoms. The highest BCUT2D eigenvalue weighted by molar-refractivity contribution is 7.14. The highest BCUT2D eigenvalue weighted by Gasteiger charge is 2.08. The molecule has 0 aliphatic heterocycles. The van der Waals surface area contributed by atoms with Gasteiger partial charge in [-0.15, -0.1) is 11.3 Å². The Labute approximate surface area is 137 Å². The molecule has 1 heterocycles. The van der Waals surface area contributed by atoms with Crippen LogP contribution in [0.5, 0.6) is 0 Å². The highest BCUT2D eigenvalue weighted by Crippen LogP contribution is 2.22. The molecule has 1 aromatic heterocycles. The van der Waals surface area contributed by atoms with Crippen LogP contribution in [0.3, 0.4) is 0 Å². The summed E-state index contributed by atoms with van der Waals surface area (Å²) in [7, 11) is 0. The fourth-order valence-corrected chi connectivity index (χ4v) is 2.84. The van der Waals surface area contributed by atoms with Crippen LogP contribution < -0.4 is 5.43 Å². The Bertz CT molecular complexity index is 695. The SMILES string of the molecule is CCc1ccc(/C(C)=N/NC(=O)c2ccc(Cl)c(Cl)c2)s1.